The lowest BCUT2D eigenvalue weighted by atomic mass is 10.3. The third-order valence-corrected chi connectivity index (χ3v) is 2.74. The van der Waals surface area contributed by atoms with E-state index in [1.54, 1.807) is 13.3 Å². The van der Waals surface area contributed by atoms with Gasteiger partial charge in [0.1, 0.15) is 5.82 Å². The van der Waals surface area contributed by atoms with Crippen LogP contribution in [0.4, 0.5) is 11.8 Å². The summed E-state index contributed by atoms with van der Waals surface area (Å²) in [6, 6.07) is 1.91. The van der Waals surface area contributed by atoms with Crippen LogP contribution >= 0.6 is 0 Å². The van der Waals surface area contributed by atoms with Crippen molar-refractivity contribution in [3.8, 4) is 0 Å². The normalized spacial score (nSPS) is 11.0. The highest BCUT2D eigenvalue weighted by Gasteiger charge is 2.03. The van der Waals surface area contributed by atoms with E-state index < -0.39 is 0 Å². The third kappa shape index (κ3) is 7.52. The number of rotatable bonds is 7. The van der Waals surface area contributed by atoms with Gasteiger partial charge in [0, 0.05) is 33.4 Å². The van der Waals surface area contributed by atoms with Crippen molar-refractivity contribution in [3.63, 3.8) is 0 Å². The second-order valence-electron chi connectivity index (χ2n) is 4.12. The minimum absolute atomic E-state index is 0.250. The molecule has 1 unspecified atom stereocenters. The zero-order chi connectivity index (χ0) is 15.4. The quantitative estimate of drug-likeness (QED) is 0.733. The number of carbonyl (C=O) groups is 1. The summed E-state index contributed by atoms with van der Waals surface area (Å²) in [6.07, 6.45) is 2.97. The first-order valence-corrected chi connectivity index (χ1v) is 6.47. The smallest absolute Gasteiger partial charge is 0.290 e. The summed E-state index contributed by atoms with van der Waals surface area (Å²) in [4.78, 5) is 19.1. The Labute approximate surface area is 120 Å². The molecule has 0 aliphatic carbocycles. The average molecular weight is 284 g/mol. The van der Waals surface area contributed by atoms with E-state index in [1.807, 2.05) is 20.0 Å². The minimum Gasteiger partial charge on any atom is -0.483 e. The van der Waals surface area contributed by atoms with Crippen molar-refractivity contribution in [2.24, 2.45) is 0 Å². The van der Waals surface area contributed by atoms with Crippen molar-refractivity contribution in [2.75, 3.05) is 37.5 Å². The SMILES string of the molecule is CCN(C)c1ccnc(NCCC(C)OC)n1.O=CO. The number of hydrogen-bond donors (Lipinski definition) is 2. The van der Waals surface area contributed by atoms with E-state index >= 15 is 0 Å². The zero-order valence-corrected chi connectivity index (χ0v) is 12.5. The van der Waals surface area contributed by atoms with E-state index in [4.69, 9.17) is 14.6 Å². The number of carboxylic acid groups (broad SMARTS) is 1. The first-order chi connectivity index (χ1) is 9.58. The van der Waals surface area contributed by atoms with Crippen molar-refractivity contribution in [1.29, 1.82) is 0 Å². The molecule has 1 rings (SSSR count). The number of anilines is 2. The van der Waals surface area contributed by atoms with Crippen LogP contribution < -0.4 is 10.2 Å². The van der Waals surface area contributed by atoms with Crippen LogP contribution in [-0.2, 0) is 9.53 Å². The standard InChI is InChI=1S/C12H22N4O.CH2O2/c1-5-16(3)11-7-9-14-12(15-11)13-8-6-10(2)17-4;2-1-3/h7,9-10H,5-6,8H2,1-4H3,(H,13,14,15);1H,(H,2,3). The predicted molar refractivity (Wildman–Crippen MR) is 79.2 cm³/mol. The number of nitrogens with zero attached hydrogens (tertiary/aromatic N) is 3. The number of methoxy groups -OCH3 is 1. The van der Waals surface area contributed by atoms with Gasteiger partial charge in [0.05, 0.1) is 6.10 Å². The van der Waals surface area contributed by atoms with Gasteiger partial charge in [-0.15, -0.1) is 0 Å². The lowest BCUT2D eigenvalue weighted by Gasteiger charge is -2.16. The van der Waals surface area contributed by atoms with Gasteiger partial charge in [0.25, 0.3) is 6.47 Å². The van der Waals surface area contributed by atoms with E-state index in [0.717, 1.165) is 25.3 Å². The molecular formula is C13H24N4O3. The largest absolute Gasteiger partial charge is 0.483 e. The molecule has 0 radical (unpaired) electrons. The molecule has 0 aliphatic heterocycles. The molecular weight excluding hydrogens is 260 g/mol. The van der Waals surface area contributed by atoms with Gasteiger partial charge in [0.15, 0.2) is 0 Å². The molecule has 0 spiro atoms. The Hall–Kier alpha value is -1.89. The fourth-order valence-corrected chi connectivity index (χ4v) is 1.31. The van der Waals surface area contributed by atoms with E-state index in [2.05, 4.69) is 27.1 Å². The van der Waals surface area contributed by atoms with Gasteiger partial charge >= 0.3 is 0 Å². The zero-order valence-electron chi connectivity index (χ0n) is 12.5. The Bertz CT molecular complexity index is 376. The molecule has 7 nitrogen and oxygen atoms in total. The van der Waals surface area contributed by atoms with E-state index in [1.165, 1.54) is 0 Å². The Morgan fingerprint density at radius 3 is 2.80 bits per heavy atom. The summed E-state index contributed by atoms with van der Waals surface area (Å²) in [5.74, 6) is 1.61. The summed E-state index contributed by atoms with van der Waals surface area (Å²) >= 11 is 0. The Kier molecular flexibility index (Phi) is 9.94. The highest BCUT2D eigenvalue weighted by Crippen LogP contribution is 2.09. The maximum Gasteiger partial charge on any atom is 0.290 e. The lowest BCUT2D eigenvalue weighted by molar-refractivity contribution is -0.122. The van der Waals surface area contributed by atoms with Crippen LogP contribution in [0, 0.1) is 0 Å². The van der Waals surface area contributed by atoms with Crippen LogP contribution in [0.25, 0.3) is 0 Å². The first-order valence-electron chi connectivity index (χ1n) is 6.47. The highest BCUT2D eigenvalue weighted by atomic mass is 16.5. The summed E-state index contributed by atoms with van der Waals surface area (Å²) in [5.41, 5.74) is 0. The van der Waals surface area contributed by atoms with E-state index in [9.17, 15) is 0 Å². The van der Waals surface area contributed by atoms with Gasteiger partial charge in [-0.25, -0.2) is 4.98 Å². The topological polar surface area (TPSA) is 87.6 Å². The lowest BCUT2D eigenvalue weighted by Crippen LogP contribution is -2.19. The summed E-state index contributed by atoms with van der Waals surface area (Å²) in [5, 5.41) is 10.1. The van der Waals surface area contributed by atoms with Gasteiger partial charge in [-0.3, -0.25) is 4.79 Å². The molecule has 0 saturated carbocycles. The molecule has 20 heavy (non-hydrogen) atoms. The van der Waals surface area contributed by atoms with Crippen LogP contribution in [0.5, 0.6) is 0 Å². The second-order valence-corrected chi connectivity index (χ2v) is 4.12. The predicted octanol–water partition coefficient (Wildman–Crippen LogP) is 1.47. The molecule has 1 aromatic rings. The minimum atomic E-state index is -0.250. The molecule has 1 aromatic heterocycles. The fraction of sp³-hybridized carbons (Fsp3) is 0.615. The van der Waals surface area contributed by atoms with Crippen LogP contribution in [0.15, 0.2) is 12.3 Å². The number of nitrogens with one attached hydrogen (secondary N) is 1. The summed E-state index contributed by atoms with van der Waals surface area (Å²) in [6.45, 7) is 5.63. The summed E-state index contributed by atoms with van der Waals surface area (Å²) in [7, 11) is 3.73. The molecule has 1 atom stereocenters. The summed E-state index contributed by atoms with van der Waals surface area (Å²) < 4.78 is 5.18. The maximum absolute atomic E-state index is 8.36. The Morgan fingerprint density at radius 1 is 1.60 bits per heavy atom. The molecule has 0 aromatic carbocycles. The molecule has 2 N–H and O–H groups in total. The second kappa shape index (κ2) is 11.0. The molecule has 0 bridgehead atoms. The average Bonchev–Trinajstić information content (AvgIpc) is 2.47. The Balaban J connectivity index is 0.00000110. The van der Waals surface area contributed by atoms with Crippen LogP contribution in [0.1, 0.15) is 20.3 Å². The van der Waals surface area contributed by atoms with Crippen molar-refractivity contribution in [1.82, 2.24) is 9.97 Å². The third-order valence-electron chi connectivity index (χ3n) is 2.74. The van der Waals surface area contributed by atoms with E-state index in [0.29, 0.717) is 5.95 Å². The highest BCUT2D eigenvalue weighted by molar-refractivity contribution is 5.41. The van der Waals surface area contributed by atoms with Gasteiger partial charge < -0.3 is 20.1 Å². The van der Waals surface area contributed by atoms with Gasteiger partial charge in [-0.05, 0) is 26.3 Å². The van der Waals surface area contributed by atoms with Crippen LogP contribution in [0.2, 0.25) is 0 Å². The van der Waals surface area contributed by atoms with Crippen LogP contribution in [0.3, 0.4) is 0 Å². The molecule has 0 fully saturated rings. The number of aromatic nitrogens is 2. The monoisotopic (exact) mass is 284 g/mol. The maximum atomic E-state index is 8.36. The Morgan fingerprint density at radius 2 is 2.25 bits per heavy atom. The molecule has 0 amide bonds. The van der Waals surface area contributed by atoms with Crippen molar-refractivity contribution in [3.05, 3.63) is 12.3 Å². The molecule has 0 saturated heterocycles. The van der Waals surface area contributed by atoms with Crippen molar-refractivity contribution in [2.45, 2.75) is 26.4 Å². The first kappa shape index (κ1) is 18.1. The molecule has 1 heterocycles. The van der Waals surface area contributed by atoms with Gasteiger partial charge in [-0.1, -0.05) is 0 Å². The number of ether oxygens (including phenoxy) is 1. The molecule has 114 valence electrons. The molecule has 0 aliphatic rings. The van der Waals surface area contributed by atoms with Gasteiger partial charge in [0.2, 0.25) is 5.95 Å². The van der Waals surface area contributed by atoms with Crippen molar-refractivity contribution < 1.29 is 14.6 Å². The van der Waals surface area contributed by atoms with Gasteiger partial charge in [-0.2, -0.15) is 4.98 Å². The van der Waals surface area contributed by atoms with Crippen LogP contribution in [-0.4, -0.2) is 54.9 Å². The van der Waals surface area contributed by atoms with Crippen molar-refractivity contribution >= 4 is 18.2 Å². The fourth-order valence-electron chi connectivity index (χ4n) is 1.31. The number of hydrogen-bond acceptors (Lipinski definition) is 6. The molecule has 7 heteroatoms. The van der Waals surface area contributed by atoms with E-state index in [-0.39, 0.29) is 12.6 Å².